The largest absolute Gasteiger partial charge is 0.492 e. The maximum atomic E-state index is 6.52. The normalized spacial score (nSPS) is 28.4. The van der Waals surface area contributed by atoms with Gasteiger partial charge in [0.15, 0.2) is 11.5 Å². The van der Waals surface area contributed by atoms with Crippen LogP contribution in [-0.2, 0) is 18.4 Å². The van der Waals surface area contributed by atoms with Crippen LogP contribution in [0.4, 0.5) is 0 Å². The number of methoxy groups -OCH3 is 1. The van der Waals surface area contributed by atoms with Crippen LogP contribution < -0.4 is 19.9 Å². The maximum absolute atomic E-state index is 6.52. The molecule has 1 aliphatic carbocycles. The minimum Gasteiger partial charge on any atom is -0.492 e. The molecule has 1 fully saturated rings. The molecule has 4 rings (SSSR count). The fraction of sp³-hybridized carbons (Fsp3) is 0.625. The zero-order chi connectivity index (χ0) is 14.1. The average molecular weight is 275 g/mol. The van der Waals surface area contributed by atoms with Gasteiger partial charge in [0.05, 0.1) is 7.11 Å². The Hall–Kier alpha value is -1.42. The van der Waals surface area contributed by atoms with Gasteiger partial charge in [-0.25, -0.2) is 0 Å². The van der Waals surface area contributed by atoms with Crippen molar-refractivity contribution >= 4 is 0 Å². The van der Waals surface area contributed by atoms with Gasteiger partial charge in [0, 0.05) is 35.1 Å². The molecule has 2 unspecified atom stereocenters. The lowest BCUT2D eigenvalue weighted by Crippen LogP contribution is -2.22. The van der Waals surface area contributed by atoms with Crippen molar-refractivity contribution in [3.63, 3.8) is 0 Å². The third-order valence-electron chi connectivity index (χ3n) is 4.67. The summed E-state index contributed by atoms with van der Waals surface area (Å²) < 4.78 is 17.7. The van der Waals surface area contributed by atoms with Crippen molar-refractivity contribution in [3.05, 3.63) is 16.7 Å². The molecule has 4 nitrogen and oxygen atoms in total. The summed E-state index contributed by atoms with van der Waals surface area (Å²) in [5.41, 5.74) is 9.85. The Kier molecular flexibility index (Phi) is 2.35. The molecule has 0 amide bonds. The third-order valence-corrected chi connectivity index (χ3v) is 4.67. The second-order valence-electron chi connectivity index (χ2n) is 6.44. The summed E-state index contributed by atoms with van der Waals surface area (Å²) in [7, 11) is 1.71. The highest BCUT2D eigenvalue weighted by Gasteiger charge is 2.49. The minimum atomic E-state index is -0.210. The predicted octanol–water partition coefficient (Wildman–Crippen LogP) is 2.29. The molecular formula is C16H21NO3. The first-order chi connectivity index (χ1) is 9.53. The summed E-state index contributed by atoms with van der Waals surface area (Å²) >= 11 is 0. The van der Waals surface area contributed by atoms with E-state index in [1.54, 1.807) is 7.11 Å². The van der Waals surface area contributed by atoms with Crippen molar-refractivity contribution in [1.82, 2.24) is 0 Å². The van der Waals surface area contributed by atoms with E-state index in [4.69, 9.17) is 19.9 Å². The monoisotopic (exact) mass is 275 g/mol. The van der Waals surface area contributed by atoms with E-state index in [0.717, 1.165) is 48.5 Å². The van der Waals surface area contributed by atoms with Gasteiger partial charge in [0.1, 0.15) is 18.0 Å². The molecule has 1 saturated carbocycles. The molecule has 3 aliphatic rings. The molecule has 2 heterocycles. The van der Waals surface area contributed by atoms with Crippen molar-refractivity contribution in [2.24, 2.45) is 5.73 Å². The molecule has 4 heteroatoms. The quantitative estimate of drug-likeness (QED) is 0.899. The Morgan fingerprint density at radius 2 is 1.65 bits per heavy atom. The van der Waals surface area contributed by atoms with E-state index in [9.17, 15) is 0 Å². The van der Waals surface area contributed by atoms with Gasteiger partial charge in [-0.1, -0.05) is 0 Å². The van der Waals surface area contributed by atoms with Crippen LogP contribution in [0, 0.1) is 0 Å². The van der Waals surface area contributed by atoms with Crippen molar-refractivity contribution in [2.45, 2.75) is 57.3 Å². The van der Waals surface area contributed by atoms with Crippen molar-refractivity contribution in [3.8, 4) is 17.2 Å². The average Bonchev–Trinajstić information content (AvgIpc) is 2.83. The number of nitrogens with two attached hydrogens (primary N) is 1. The number of rotatable bonds is 2. The molecule has 2 aliphatic heterocycles. The van der Waals surface area contributed by atoms with Gasteiger partial charge in [-0.15, -0.1) is 0 Å². The van der Waals surface area contributed by atoms with E-state index in [1.165, 1.54) is 11.1 Å². The lowest BCUT2D eigenvalue weighted by molar-refractivity contribution is 0.242. The maximum Gasteiger partial charge on any atom is 0.168 e. The topological polar surface area (TPSA) is 53.7 Å². The summed E-state index contributed by atoms with van der Waals surface area (Å²) in [5, 5.41) is 0. The predicted molar refractivity (Wildman–Crippen MR) is 75.7 cm³/mol. The Bertz CT molecular complexity index is 553. The first-order valence-corrected chi connectivity index (χ1v) is 7.42. The van der Waals surface area contributed by atoms with Crippen LogP contribution in [-0.4, -0.2) is 19.3 Å². The van der Waals surface area contributed by atoms with Gasteiger partial charge in [-0.2, -0.15) is 0 Å². The van der Waals surface area contributed by atoms with Crippen LogP contribution in [0.3, 0.4) is 0 Å². The van der Waals surface area contributed by atoms with E-state index in [-0.39, 0.29) is 17.7 Å². The molecule has 0 spiro atoms. The first kappa shape index (κ1) is 12.3. The Balaban J connectivity index is 2.00. The van der Waals surface area contributed by atoms with Crippen LogP contribution in [0.1, 0.15) is 43.4 Å². The second kappa shape index (κ2) is 3.82. The van der Waals surface area contributed by atoms with E-state index in [1.807, 2.05) is 0 Å². The van der Waals surface area contributed by atoms with E-state index >= 15 is 0 Å². The highest BCUT2D eigenvalue weighted by molar-refractivity contribution is 5.68. The third kappa shape index (κ3) is 1.51. The number of ether oxygens (including phenoxy) is 3. The zero-order valence-electron chi connectivity index (χ0n) is 12.3. The van der Waals surface area contributed by atoms with Gasteiger partial charge in [0.2, 0.25) is 0 Å². The van der Waals surface area contributed by atoms with Crippen molar-refractivity contribution in [1.29, 1.82) is 0 Å². The Morgan fingerprint density at radius 3 is 2.25 bits per heavy atom. The molecular weight excluding hydrogens is 254 g/mol. The molecule has 20 heavy (non-hydrogen) atoms. The molecule has 0 bridgehead atoms. The molecule has 2 N–H and O–H groups in total. The van der Waals surface area contributed by atoms with Crippen LogP contribution >= 0.6 is 0 Å². The number of fused-ring (bicyclic) bond motifs is 2. The van der Waals surface area contributed by atoms with Gasteiger partial charge in [-0.05, 0) is 26.7 Å². The highest BCUT2D eigenvalue weighted by Crippen LogP contribution is 2.58. The van der Waals surface area contributed by atoms with E-state index in [2.05, 4.69) is 13.8 Å². The smallest absolute Gasteiger partial charge is 0.168 e. The Morgan fingerprint density at radius 1 is 1.05 bits per heavy atom. The molecule has 0 aromatic heterocycles. The van der Waals surface area contributed by atoms with E-state index in [0.29, 0.717) is 0 Å². The molecule has 2 atom stereocenters. The van der Waals surface area contributed by atoms with Gasteiger partial charge >= 0.3 is 0 Å². The number of hydrogen-bond acceptors (Lipinski definition) is 4. The minimum absolute atomic E-state index is 0.181. The second-order valence-corrected chi connectivity index (χ2v) is 6.44. The molecule has 1 aromatic carbocycles. The van der Waals surface area contributed by atoms with Crippen molar-refractivity contribution in [2.75, 3.05) is 7.11 Å². The van der Waals surface area contributed by atoms with Crippen LogP contribution in [0.15, 0.2) is 0 Å². The Labute approximate surface area is 119 Å². The van der Waals surface area contributed by atoms with Crippen LogP contribution in [0.5, 0.6) is 17.2 Å². The lowest BCUT2D eigenvalue weighted by atomic mass is 9.91. The van der Waals surface area contributed by atoms with Crippen LogP contribution in [0.25, 0.3) is 0 Å². The van der Waals surface area contributed by atoms with Crippen LogP contribution in [0.2, 0.25) is 0 Å². The summed E-state index contributed by atoms with van der Waals surface area (Å²) in [6.07, 6.45) is 4.19. The molecule has 0 radical (unpaired) electrons. The number of benzene rings is 1. The fourth-order valence-electron chi connectivity index (χ4n) is 3.60. The van der Waals surface area contributed by atoms with Crippen molar-refractivity contribution < 1.29 is 14.2 Å². The van der Waals surface area contributed by atoms with Gasteiger partial charge in [-0.3, -0.25) is 0 Å². The fourth-order valence-corrected chi connectivity index (χ4v) is 3.60. The standard InChI is InChI=1S/C16H21NO3/c1-8-6-10-12(16(17)4-5-16)13-11(7-9(2)19-13)14(18-3)15(10)20-8/h8-9H,4-7,17H2,1-3H3. The first-order valence-electron chi connectivity index (χ1n) is 7.42. The highest BCUT2D eigenvalue weighted by atomic mass is 16.5. The lowest BCUT2D eigenvalue weighted by Gasteiger charge is -2.20. The zero-order valence-corrected chi connectivity index (χ0v) is 12.3. The van der Waals surface area contributed by atoms with E-state index < -0.39 is 0 Å². The SMILES string of the molecule is COc1c2c(c(C3(N)CC3)c3c1OC(C)C3)OC(C)C2. The molecule has 1 aromatic rings. The summed E-state index contributed by atoms with van der Waals surface area (Å²) in [5.74, 6) is 2.74. The summed E-state index contributed by atoms with van der Waals surface area (Å²) in [6.45, 7) is 4.18. The van der Waals surface area contributed by atoms with Gasteiger partial charge in [0.25, 0.3) is 0 Å². The summed E-state index contributed by atoms with van der Waals surface area (Å²) in [6, 6.07) is 0. The van der Waals surface area contributed by atoms with Gasteiger partial charge < -0.3 is 19.9 Å². The summed E-state index contributed by atoms with van der Waals surface area (Å²) in [4.78, 5) is 0. The molecule has 108 valence electrons. The number of hydrogen-bond donors (Lipinski definition) is 1. The molecule has 0 saturated heterocycles.